The molecule has 1 rings (SSSR count). The molecule has 2 nitrogen and oxygen atoms in total. The fraction of sp³-hybridized carbons (Fsp3) is 0.571. The van der Waals surface area contributed by atoms with Crippen molar-refractivity contribution in [2.24, 2.45) is 5.92 Å². The van der Waals surface area contributed by atoms with E-state index < -0.39 is 0 Å². The average Bonchev–Trinajstić information content (AvgIpc) is 2.28. The molecule has 0 saturated carbocycles. The Labute approximate surface area is 113 Å². The number of halogens is 1. The van der Waals surface area contributed by atoms with Crippen LogP contribution in [0, 0.1) is 5.92 Å². The van der Waals surface area contributed by atoms with E-state index in [1.54, 1.807) is 7.11 Å². The molecule has 0 unspecified atom stereocenters. The number of nitrogens with one attached hydrogen (secondary N) is 1. The van der Waals surface area contributed by atoms with Gasteiger partial charge in [0.15, 0.2) is 0 Å². The van der Waals surface area contributed by atoms with Crippen molar-refractivity contribution < 1.29 is 4.74 Å². The highest BCUT2D eigenvalue weighted by atomic mass is 79.9. The van der Waals surface area contributed by atoms with Gasteiger partial charge in [0.1, 0.15) is 5.75 Å². The minimum Gasteiger partial charge on any atom is -0.496 e. The van der Waals surface area contributed by atoms with E-state index in [1.807, 2.05) is 12.1 Å². The maximum absolute atomic E-state index is 5.33. The van der Waals surface area contributed by atoms with Crippen LogP contribution in [0.5, 0.6) is 5.75 Å². The second-order valence-corrected chi connectivity index (χ2v) is 5.58. The van der Waals surface area contributed by atoms with Crippen LogP contribution in [0.2, 0.25) is 0 Å². The normalized spacial score (nSPS) is 10.9. The van der Waals surface area contributed by atoms with Crippen molar-refractivity contribution in [3.63, 3.8) is 0 Å². The third kappa shape index (κ3) is 5.55. The molecular weight excluding hydrogens is 278 g/mol. The van der Waals surface area contributed by atoms with Crippen LogP contribution >= 0.6 is 15.9 Å². The van der Waals surface area contributed by atoms with Gasteiger partial charge in [-0.1, -0.05) is 29.8 Å². The summed E-state index contributed by atoms with van der Waals surface area (Å²) in [4.78, 5) is 0. The average molecular weight is 300 g/mol. The number of ether oxygens (including phenoxy) is 1. The van der Waals surface area contributed by atoms with Crippen molar-refractivity contribution in [2.75, 3.05) is 13.7 Å². The molecule has 0 fully saturated rings. The lowest BCUT2D eigenvalue weighted by Gasteiger charge is -2.10. The Balaban J connectivity index is 2.37. The molecule has 0 amide bonds. The van der Waals surface area contributed by atoms with Crippen molar-refractivity contribution >= 4 is 15.9 Å². The second kappa shape index (κ2) is 7.72. The van der Waals surface area contributed by atoms with Crippen molar-refractivity contribution in [1.82, 2.24) is 5.32 Å². The highest BCUT2D eigenvalue weighted by Gasteiger charge is 2.03. The Hall–Kier alpha value is -0.540. The Morgan fingerprint density at radius 3 is 2.76 bits per heavy atom. The van der Waals surface area contributed by atoms with E-state index in [0.717, 1.165) is 29.2 Å². The van der Waals surface area contributed by atoms with Crippen LogP contribution in [-0.2, 0) is 6.54 Å². The first kappa shape index (κ1) is 14.5. The summed E-state index contributed by atoms with van der Waals surface area (Å²) in [6.07, 6.45) is 2.51. The van der Waals surface area contributed by atoms with E-state index in [2.05, 4.69) is 41.2 Å². The number of hydrogen-bond acceptors (Lipinski definition) is 2. The molecule has 0 saturated heterocycles. The number of hydrogen-bond donors (Lipinski definition) is 1. The Bertz CT molecular complexity index is 339. The highest BCUT2D eigenvalue weighted by molar-refractivity contribution is 9.10. The molecule has 1 aromatic carbocycles. The third-order valence-corrected chi connectivity index (χ3v) is 3.19. The van der Waals surface area contributed by atoms with Gasteiger partial charge in [0.05, 0.1) is 7.11 Å². The van der Waals surface area contributed by atoms with Gasteiger partial charge >= 0.3 is 0 Å². The molecular formula is C14H22BrNO. The van der Waals surface area contributed by atoms with Gasteiger partial charge in [-0.05, 0) is 43.5 Å². The first-order valence-corrected chi connectivity index (χ1v) is 6.96. The maximum Gasteiger partial charge on any atom is 0.123 e. The summed E-state index contributed by atoms with van der Waals surface area (Å²) < 4.78 is 6.43. The lowest BCUT2D eigenvalue weighted by molar-refractivity contribution is 0.407. The predicted octanol–water partition coefficient (Wildman–Crippen LogP) is 3.98. The fourth-order valence-electron chi connectivity index (χ4n) is 1.74. The zero-order chi connectivity index (χ0) is 12.7. The molecule has 0 aliphatic rings. The van der Waals surface area contributed by atoms with Gasteiger partial charge in [-0.25, -0.2) is 0 Å². The Morgan fingerprint density at radius 1 is 1.35 bits per heavy atom. The van der Waals surface area contributed by atoms with Crippen LogP contribution in [0.25, 0.3) is 0 Å². The molecule has 0 bridgehead atoms. The zero-order valence-electron chi connectivity index (χ0n) is 10.9. The van der Waals surface area contributed by atoms with Gasteiger partial charge in [-0.15, -0.1) is 0 Å². The van der Waals surface area contributed by atoms with Crippen LogP contribution in [0.4, 0.5) is 0 Å². The third-order valence-electron chi connectivity index (χ3n) is 2.69. The largest absolute Gasteiger partial charge is 0.496 e. The van der Waals surface area contributed by atoms with Crippen molar-refractivity contribution in [1.29, 1.82) is 0 Å². The van der Waals surface area contributed by atoms with Crippen LogP contribution in [0.15, 0.2) is 22.7 Å². The van der Waals surface area contributed by atoms with Gasteiger partial charge < -0.3 is 10.1 Å². The quantitative estimate of drug-likeness (QED) is 0.769. The van der Waals surface area contributed by atoms with Gasteiger partial charge in [-0.2, -0.15) is 0 Å². The smallest absolute Gasteiger partial charge is 0.123 e. The Morgan fingerprint density at radius 2 is 2.12 bits per heavy atom. The monoisotopic (exact) mass is 299 g/mol. The molecule has 1 N–H and O–H groups in total. The van der Waals surface area contributed by atoms with Gasteiger partial charge in [0, 0.05) is 16.6 Å². The summed E-state index contributed by atoms with van der Waals surface area (Å²) in [7, 11) is 1.71. The highest BCUT2D eigenvalue weighted by Crippen LogP contribution is 2.22. The first-order chi connectivity index (χ1) is 8.13. The molecule has 0 aromatic heterocycles. The minimum atomic E-state index is 0.789. The molecule has 96 valence electrons. The summed E-state index contributed by atoms with van der Waals surface area (Å²) in [5.74, 6) is 1.74. The number of benzene rings is 1. The van der Waals surface area contributed by atoms with Crippen LogP contribution < -0.4 is 10.1 Å². The lowest BCUT2D eigenvalue weighted by Crippen LogP contribution is -2.15. The van der Waals surface area contributed by atoms with Crippen LogP contribution in [0.3, 0.4) is 0 Å². The molecule has 0 aliphatic carbocycles. The van der Waals surface area contributed by atoms with Crippen molar-refractivity contribution in [2.45, 2.75) is 33.2 Å². The molecule has 1 aromatic rings. The fourth-order valence-corrected chi connectivity index (χ4v) is 2.15. The molecule has 0 aliphatic heterocycles. The molecule has 0 radical (unpaired) electrons. The summed E-state index contributed by atoms with van der Waals surface area (Å²) in [6, 6.07) is 6.10. The lowest BCUT2D eigenvalue weighted by atomic mass is 10.1. The molecule has 0 spiro atoms. The summed E-state index contributed by atoms with van der Waals surface area (Å²) in [5.41, 5.74) is 1.20. The van der Waals surface area contributed by atoms with Gasteiger partial charge in [0.25, 0.3) is 0 Å². The molecule has 3 heteroatoms. The number of methoxy groups -OCH3 is 1. The predicted molar refractivity (Wildman–Crippen MR) is 76.5 cm³/mol. The van der Waals surface area contributed by atoms with E-state index >= 15 is 0 Å². The first-order valence-electron chi connectivity index (χ1n) is 6.16. The molecule has 0 atom stereocenters. The SMILES string of the molecule is COc1ccc(Br)cc1CNCCCC(C)C. The second-order valence-electron chi connectivity index (χ2n) is 4.67. The Kier molecular flexibility index (Phi) is 6.60. The van der Waals surface area contributed by atoms with E-state index in [-0.39, 0.29) is 0 Å². The van der Waals surface area contributed by atoms with Crippen molar-refractivity contribution in [3.05, 3.63) is 28.2 Å². The molecule has 0 heterocycles. The van der Waals surface area contributed by atoms with E-state index in [1.165, 1.54) is 18.4 Å². The topological polar surface area (TPSA) is 21.3 Å². The summed E-state index contributed by atoms with van der Waals surface area (Å²) >= 11 is 3.48. The van der Waals surface area contributed by atoms with Crippen LogP contribution in [0.1, 0.15) is 32.3 Å². The standard InChI is InChI=1S/C14H22BrNO/c1-11(2)5-4-8-16-10-12-9-13(15)6-7-14(12)17-3/h6-7,9,11,16H,4-5,8,10H2,1-3H3. The number of rotatable bonds is 7. The zero-order valence-corrected chi connectivity index (χ0v) is 12.5. The van der Waals surface area contributed by atoms with E-state index in [0.29, 0.717) is 0 Å². The van der Waals surface area contributed by atoms with Crippen molar-refractivity contribution in [3.8, 4) is 5.75 Å². The summed E-state index contributed by atoms with van der Waals surface area (Å²) in [6.45, 7) is 6.45. The minimum absolute atomic E-state index is 0.789. The van der Waals surface area contributed by atoms with Gasteiger partial charge in [-0.3, -0.25) is 0 Å². The van der Waals surface area contributed by atoms with E-state index in [9.17, 15) is 0 Å². The van der Waals surface area contributed by atoms with Gasteiger partial charge in [0.2, 0.25) is 0 Å². The van der Waals surface area contributed by atoms with E-state index in [4.69, 9.17) is 4.74 Å². The summed E-state index contributed by atoms with van der Waals surface area (Å²) in [5, 5.41) is 3.46. The molecule has 17 heavy (non-hydrogen) atoms. The van der Waals surface area contributed by atoms with Crippen LogP contribution in [-0.4, -0.2) is 13.7 Å². The maximum atomic E-state index is 5.33.